The fourth-order valence-electron chi connectivity index (χ4n) is 2.57. The number of amides is 2. The second-order valence-corrected chi connectivity index (χ2v) is 5.42. The molecule has 1 aliphatic heterocycles. The number of fused-ring (bicyclic) bond motifs is 1. The van der Waals surface area contributed by atoms with Gasteiger partial charge in [0.15, 0.2) is 0 Å². The van der Waals surface area contributed by atoms with Crippen LogP contribution in [0.2, 0.25) is 0 Å². The van der Waals surface area contributed by atoms with E-state index >= 15 is 0 Å². The lowest BCUT2D eigenvalue weighted by Crippen LogP contribution is -2.50. The standard InChI is InChI=1S/C17H17F2NO6/c1-3-25-15(23)12(9-17(18,19)16(24)26-4-2)20-13(21)10-7-5-6-8-11(10)14(20)22/h5-8,12H,3-4,9H2,1-2H3. The van der Waals surface area contributed by atoms with Crippen LogP contribution in [-0.4, -0.2) is 53.8 Å². The van der Waals surface area contributed by atoms with E-state index in [9.17, 15) is 28.0 Å². The zero-order valence-corrected chi connectivity index (χ0v) is 14.2. The molecule has 140 valence electrons. The van der Waals surface area contributed by atoms with Gasteiger partial charge in [-0.3, -0.25) is 14.5 Å². The van der Waals surface area contributed by atoms with Gasteiger partial charge in [-0.2, -0.15) is 8.78 Å². The van der Waals surface area contributed by atoms with E-state index in [1.165, 1.54) is 38.1 Å². The van der Waals surface area contributed by atoms with Crippen LogP contribution in [0.25, 0.3) is 0 Å². The molecule has 2 rings (SSSR count). The summed E-state index contributed by atoms with van der Waals surface area (Å²) in [6.45, 7) is 2.36. The fraction of sp³-hybridized carbons (Fsp3) is 0.412. The molecule has 26 heavy (non-hydrogen) atoms. The average Bonchev–Trinajstić information content (AvgIpc) is 2.85. The van der Waals surface area contributed by atoms with Crippen molar-refractivity contribution < 1.29 is 37.4 Å². The van der Waals surface area contributed by atoms with Crippen LogP contribution in [-0.2, 0) is 19.1 Å². The van der Waals surface area contributed by atoms with Gasteiger partial charge in [0.25, 0.3) is 11.8 Å². The van der Waals surface area contributed by atoms with Gasteiger partial charge in [-0.1, -0.05) is 12.1 Å². The molecule has 0 aliphatic carbocycles. The van der Waals surface area contributed by atoms with Crippen LogP contribution < -0.4 is 0 Å². The van der Waals surface area contributed by atoms with Crippen molar-refractivity contribution in [2.24, 2.45) is 0 Å². The third kappa shape index (κ3) is 3.56. The number of rotatable bonds is 7. The van der Waals surface area contributed by atoms with Gasteiger partial charge >= 0.3 is 17.9 Å². The van der Waals surface area contributed by atoms with Gasteiger partial charge in [0.1, 0.15) is 6.04 Å². The van der Waals surface area contributed by atoms with E-state index in [1.807, 2.05) is 0 Å². The number of halogens is 2. The molecule has 1 aromatic rings. The minimum Gasteiger partial charge on any atom is -0.464 e. The van der Waals surface area contributed by atoms with Crippen molar-refractivity contribution in [3.8, 4) is 0 Å². The maximum absolute atomic E-state index is 14.2. The van der Waals surface area contributed by atoms with Crippen LogP contribution >= 0.6 is 0 Å². The molecule has 1 unspecified atom stereocenters. The number of hydrogen-bond acceptors (Lipinski definition) is 6. The topological polar surface area (TPSA) is 90.0 Å². The molecular weight excluding hydrogens is 352 g/mol. The van der Waals surface area contributed by atoms with E-state index < -0.39 is 42.1 Å². The summed E-state index contributed by atoms with van der Waals surface area (Å²) in [5.74, 6) is -8.92. The maximum atomic E-state index is 14.2. The summed E-state index contributed by atoms with van der Waals surface area (Å²) in [5.41, 5.74) is -0.0162. The maximum Gasteiger partial charge on any atom is 0.377 e. The van der Waals surface area contributed by atoms with E-state index in [4.69, 9.17) is 4.74 Å². The molecule has 9 heteroatoms. The molecule has 0 saturated carbocycles. The predicted octanol–water partition coefficient (Wildman–Crippen LogP) is 1.80. The van der Waals surface area contributed by atoms with Crippen molar-refractivity contribution in [1.82, 2.24) is 4.90 Å². The van der Waals surface area contributed by atoms with Crippen LogP contribution in [0, 0.1) is 0 Å². The Labute approximate surface area is 147 Å². The van der Waals surface area contributed by atoms with E-state index in [1.54, 1.807) is 0 Å². The van der Waals surface area contributed by atoms with Crippen LogP contribution in [0.5, 0.6) is 0 Å². The van der Waals surface area contributed by atoms with Gasteiger partial charge in [-0.15, -0.1) is 0 Å². The molecule has 2 amide bonds. The Morgan fingerprint density at radius 2 is 1.54 bits per heavy atom. The van der Waals surface area contributed by atoms with Crippen molar-refractivity contribution in [1.29, 1.82) is 0 Å². The summed E-state index contributed by atoms with van der Waals surface area (Å²) in [5, 5.41) is 0. The highest BCUT2D eigenvalue weighted by atomic mass is 19.3. The molecular formula is C17H17F2NO6. The highest BCUT2D eigenvalue weighted by molar-refractivity contribution is 6.22. The summed E-state index contributed by atoms with van der Waals surface area (Å²) < 4.78 is 37.3. The molecule has 1 atom stereocenters. The molecule has 1 heterocycles. The molecule has 0 fully saturated rings. The van der Waals surface area contributed by atoms with Gasteiger partial charge in [-0.05, 0) is 26.0 Å². The van der Waals surface area contributed by atoms with Crippen molar-refractivity contribution in [2.75, 3.05) is 13.2 Å². The van der Waals surface area contributed by atoms with E-state index in [-0.39, 0.29) is 24.3 Å². The van der Waals surface area contributed by atoms with Crippen molar-refractivity contribution in [2.45, 2.75) is 32.2 Å². The predicted molar refractivity (Wildman–Crippen MR) is 83.6 cm³/mol. The van der Waals surface area contributed by atoms with Gasteiger partial charge in [0.05, 0.1) is 30.8 Å². The third-order valence-corrected chi connectivity index (χ3v) is 3.72. The SMILES string of the molecule is CCOC(=O)C(CC(F)(F)C(=O)OCC)N1C(=O)c2ccccc2C1=O. The molecule has 1 aliphatic rings. The Morgan fingerprint density at radius 1 is 1.04 bits per heavy atom. The quantitative estimate of drug-likeness (QED) is 0.538. The first kappa shape index (κ1) is 19.5. The first-order valence-corrected chi connectivity index (χ1v) is 7.93. The molecule has 0 N–H and O–H groups in total. The van der Waals surface area contributed by atoms with Gasteiger partial charge in [-0.25, -0.2) is 9.59 Å². The zero-order chi connectivity index (χ0) is 19.5. The Kier molecular flexibility index (Phi) is 5.69. The lowest BCUT2D eigenvalue weighted by atomic mass is 10.1. The molecule has 0 bridgehead atoms. The monoisotopic (exact) mass is 369 g/mol. The van der Waals surface area contributed by atoms with Gasteiger partial charge in [0.2, 0.25) is 0 Å². The summed E-state index contributed by atoms with van der Waals surface area (Å²) in [6.07, 6.45) is -1.42. The summed E-state index contributed by atoms with van der Waals surface area (Å²) in [7, 11) is 0. The molecule has 7 nitrogen and oxygen atoms in total. The second-order valence-electron chi connectivity index (χ2n) is 5.42. The highest BCUT2D eigenvalue weighted by Crippen LogP contribution is 2.31. The van der Waals surface area contributed by atoms with E-state index in [2.05, 4.69) is 4.74 Å². The number of esters is 2. The lowest BCUT2D eigenvalue weighted by Gasteiger charge is -2.27. The Morgan fingerprint density at radius 3 is 2.00 bits per heavy atom. The molecule has 0 saturated heterocycles. The highest BCUT2D eigenvalue weighted by Gasteiger charge is 2.51. The largest absolute Gasteiger partial charge is 0.464 e. The fourth-order valence-corrected chi connectivity index (χ4v) is 2.57. The molecule has 0 spiro atoms. The molecule has 0 aromatic heterocycles. The third-order valence-electron chi connectivity index (χ3n) is 3.72. The lowest BCUT2D eigenvalue weighted by molar-refractivity contribution is -0.175. The number of hydrogen-bond donors (Lipinski definition) is 0. The van der Waals surface area contributed by atoms with Crippen molar-refractivity contribution >= 4 is 23.8 Å². The summed E-state index contributed by atoms with van der Waals surface area (Å²) >= 11 is 0. The van der Waals surface area contributed by atoms with Crippen LogP contribution in [0.15, 0.2) is 24.3 Å². The Hall–Kier alpha value is -2.84. The first-order chi connectivity index (χ1) is 12.2. The second kappa shape index (κ2) is 7.59. The molecule has 0 radical (unpaired) electrons. The zero-order valence-electron chi connectivity index (χ0n) is 14.2. The Balaban J connectivity index is 2.38. The van der Waals surface area contributed by atoms with Crippen LogP contribution in [0.4, 0.5) is 8.78 Å². The first-order valence-electron chi connectivity index (χ1n) is 7.93. The Bertz CT molecular complexity index is 714. The average molecular weight is 369 g/mol. The van der Waals surface area contributed by atoms with Crippen LogP contribution in [0.1, 0.15) is 41.0 Å². The molecule has 1 aromatic carbocycles. The number of benzene rings is 1. The van der Waals surface area contributed by atoms with E-state index in [0.29, 0.717) is 4.90 Å². The number of nitrogens with zero attached hydrogens (tertiary/aromatic N) is 1. The van der Waals surface area contributed by atoms with Crippen molar-refractivity contribution in [3.05, 3.63) is 35.4 Å². The van der Waals surface area contributed by atoms with E-state index in [0.717, 1.165) is 0 Å². The number of imide groups is 1. The smallest absolute Gasteiger partial charge is 0.377 e. The minimum atomic E-state index is -4.08. The number of ether oxygens (including phenoxy) is 2. The summed E-state index contributed by atoms with van der Waals surface area (Å²) in [6, 6.07) is 3.74. The van der Waals surface area contributed by atoms with Crippen molar-refractivity contribution in [3.63, 3.8) is 0 Å². The number of carbonyl (C=O) groups excluding carboxylic acids is 4. The minimum absolute atomic E-state index is 0.00810. The van der Waals surface area contributed by atoms with Crippen LogP contribution in [0.3, 0.4) is 0 Å². The normalized spacial score (nSPS) is 14.8. The van der Waals surface area contributed by atoms with Gasteiger partial charge < -0.3 is 9.47 Å². The number of alkyl halides is 2. The summed E-state index contributed by atoms with van der Waals surface area (Å²) in [4.78, 5) is 49.0. The van der Waals surface area contributed by atoms with Gasteiger partial charge in [0, 0.05) is 0 Å². The number of carbonyl (C=O) groups is 4.